The first-order valence-corrected chi connectivity index (χ1v) is 7.97. The third kappa shape index (κ3) is 5.34. The second-order valence-electron chi connectivity index (χ2n) is 5.85. The molecule has 0 aliphatic rings. The van der Waals surface area contributed by atoms with Gasteiger partial charge in [0.2, 0.25) is 5.91 Å². The van der Waals surface area contributed by atoms with Crippen LogP contribution < -0.4 is 15.8 Å². The van der Waals surface area contributed by atoms with Gasteiger partial charge in [-0.25, -0.2) is 0 Å². The lowest BCUT2D eigenvalue weighted by Gasteiger charge is -2.12. The minimum atomic E-state index is -0.518. The van der Waals surface area contributed by atoms with E-state index in [0.717, 1.165) is 5.56 Å². The number of amides is 3. The number of nitrogens with one attached hydrogen (secondary N) is 1. The normalized spacial score (nSPS) is 10.1. The van der Waals surface area contributed by atoms with Crippen LogP contribution in [0.15, 0.2) is 48.5 Å². The second kappa shape index (κ2) is 8.66. The number of benzene rings is 2. The quantitative estimate of drug-likeness (QED) is 0.779. The highest BCUT2D eigenvalue weighted by Gasteiger charge is 2.09. The zero-order valence-corrected chi connectivity index (χ0v) is 14.7. The molecule has 0 atom stereocenters. The Morgan fingerprint density at radius 1 is 1.04 bits per heavy atom. The summed E-state index contributed by atoms with van der Waals surface area (Å²) in [5.74, 6) is -0.549. The van der Waals surface area contributed by atoms with Gasteiger partial charge in [-0.05, 0) is 35.9 Å². The zero-order chi connectivity index (χ0) is 19.1. The fraction of sp³-hybridized carbons (Fsp3) is 0.211. The van der Waals surface area contributed by atoms with Gasteiger partial charge in [-0.3, -0.25) is 14.4 Å². The fourth-order valence-electron chi connectivity index (χ4n) is 2.12. The lowest BCUT2D eigenvalue weighted by atomic mass is 10.1. The van der Waals surface area contributed by atoms with Crippen molar-refractivity contribution in [2.24, 2.45) is 5.73 Å². The Hall–Kier alpha value is -3.35. The maximum atomic E-state index is 12.3. The largest absolute Gasteiger partial charge is 0.484 e. The van der Waals surface area contributed by atoms with E-state index in [4.69, 9.17) is 10.5 Å². The van der Waals surface area contributed by atoms with Gasteiger partial charge in [0.15, 0.2) is 6.61 Å². The summed E-state index contributed by atoms with van der Waals surface area (Å²) >= 11 is 0. The Labute approximate surface area is 151 Å². The lowest BCUT2D eigenvalue weighted by Crippen LogP contribution is -2.27. The van der Waals surface area contributed by atoms with Crippen molar-refractivity contribution in [2.75, 3.05) is 20.7 Å². The Bertz CT molecular complexity index is 818. The smallest absolute Gasteiger partial charge is 0.259 e. The van der Waals surface area contributed by atoms with Crippen molar-refractivity contribution in [3.63, 3.8) is 0 Å². The van der Waals surface area contributed by atoms with Crippen LogP contribution in [0, 0.1) is 0 Å². The number of hydrogen-bond donors (Lipinski definition) is 2. The first-order chi connectivity index (χ1) is 12.4. The van der Waals surface area contributed by atoms with E-state index < -0.39 is 5.91 Å². The molecule has 0 aromatic heterocycles. The molecule has 3 amide bonds. The first-order valence-electron chi connectivity index (χ1n) is 7.97. The molecule has 0 radical (unpaired) electrons. The van der Waals surface area contributed by atoms with Crippen LogP contribution in [-0.4, -0.2) is 43.3 Å². The van der Waals surface area contributed by atoms with Gasteiger partial charge < -0.3 is 20.7 Å². The third-order valence-corrected chi connectivity index (χ3v) is 3.62. The number of ether oxygens (including phenoxy) is 1. The summed E-state index contributed by atoms with van der Waals surface area (Å²) < 4.78 is 5.40. The zero-order valence-electron chi connectivity index (χ0n) is 14.7. The van der Waals surface area contributed by atoms with Crippen molar-refractivity contribution in [3.8, 4) is 5.75 Å². The van der Waals surface area contributed by atoms with Crippen LogP contribution in [0.25, 0.3) is 0 Å². The topological polar surface area (TPSA) is 102 Å². The van der Waals surface area contributed by atoms with Crippen molar-refractivity contribution in [2.45, 2.75) is 6.54 Å². The molecule has 2 aromatic carbocycles. The predicted octanol–water partition coefficient (Wildman–Crippen LogP) is 1.18. The van der Waals surface area contributed by atoms with Crippen LogP contribution in [0.5, 0.6) is 5.75 Å². The van der Waals surface area contributed by atoms with Crippen molar-refractivity contribution >= 4 is 17.7 Å². The predicted molar refractivity (Wildman–Crippen MR) is 96.8 cm³/mol. The molecule has 3 N–H and O–H groups in total. The number of nitrogens with zero attached hydrogens (tertiary/aromatic N) is 1. The Morgan fingerprint density at radius 2 is 1.73 bits per heavy atom. The molecule has 7 heteroatoms. The molecule has 0 fully saturated rings. The van der Waals surface area contributed by atoms with Crippen LogP contribution in [0.2, 0.25) is 0 Å². The summed E-state index contributed by atoms with van der Waals surface area (Å²) in [5, 5.41) is 2.77. The number of likely N-dealkylation sites (N-methyl/N-ethyl adjacent to an activating group) is 1. The van der Waals surface area contributed by atoms with E-state index in [2.05, 4.69) is 5.32 Å². The SMILES string of the molecule is CN(C)C(=O)COc1cccc(C(=O)NCc2cccc(C(N)=O)c2)c1. The Balaban J connectivity index is 1.97. The van der Waals surface area contributed by atoms with E-state index in [0.29, 0.717) is 16.9 Å². The van der Waals surface area contributed by atoms with Gasteiger partial charge in [-0.2, -0.15) is 0 Å². The van der Waals surface area contributed by atoms with E-state index in [-0.39, 0.29) is 25.0 Å². The molecule has 136 valence electrons. The van der Waals surface area contributed by atoms with Crippen LogP contribution in [0.4, 0.5) is 0 Å². The molecule has 0 aliphatic carbocycles. The Kier molecular flexibility index (Phi) is 6.32. The molecule has 2 aromatic rings. The van der Waals surface area contributed by atoms with Gasteiger partial charge in [0.05, 0.1) is 0 Å². The summed E-state index contributed by atoms with van der Waals surface area (Å²) in [4.78, 5) is 36.5. The molecule has 2 rings (SSSR count). The fourth-order valence-corrected chi connectivity index (χ4v) is 2.12. The summed E-state index contributed by atoms with van der Waals surface area (Å²) in [7, 11) is 3.28. The first kappa shape index (κ1) is 19.0. The highest BCUT2D eigenvalue weighted by Crippen LogP contribution is 2.14. The van der Waals surface area contributed by atoms with Gasteiger partial charge >= 0.3 is 0 Å². The van der Waals surface area contributed by atoms with E-state index >= 15 is 0 Å². The highest BCUT2D eigenvalue weighted by atomic mass is 16.5. The second-order valence-corrected chi connectivity index (χ2v) is 5.85. The molecule has 0 saturated heterocycles. The number of hydrogen-bond acceptors (Lipinski definition) is 4. The molecular weight excluding hydrogens is 334 g/mol. The van der Waals surface area contributed by atoms with Gasteiger partial charge in [-0.15, -0.1) is 0 Å². The summed E-state index contributed by atoms with van der Waals surface area (Å²) in [6.07, 6.45) is 0. The third-order valence-electron chi connectivity index (χ3n) is 3.62. The van der Waals surface area contributed by atoms with Crippen LogP contribution in [0.1, 0.15) is 26.3 Å². The Morgan fingerprint density at radius 3 is 2.42 bits per heavy atom. The van der Waals surface area contributed by atoms with Crippen LogP contribution >= 0.6 is 0 Å². The number of primary amides is 1. The van der Waals surface area contributed by atoms with E-state index in [1.807, 2.05) is 0 Å². The minimum absolute atomic E-state index is 0.0992. The van der Waals surface area contributed by atoms with Crippen LogP contribution in [0.3, 0.4) is 0 Å². The molecule has 26 heavy (non-hydrogen) atoms. The van der Waals surface area contributed by atoms with Gasteiger partial charge in [0.25, 0.3) is 11.8 Å². The van der Waals surface area contributed by atoms with E-state index in [1.165, 1.54) is 4.90 Å². The standard InChI is InChI=1S/C19H21N3O4/c1-22(2)17(23)12-26-16-8-4-7-15(10-16)19(25)21-11-13-5-3-6-14(9-13)18(20)24/h3-10H,11-12H2,1-2H3,(H2,20,24)(H,21,25). The molecule has 0 aliphatic heterocycles. The van der Waals surface area contributed by atoms with Gasteiger partial charge in [0, 0.05) is 31.8 Å². The molecule has 0 bridgehead atoms. The minimum Gasteiger partial charge on any atom is -0.484 e. The average molecular weight is 355 g/mol. The molecule has 7 nitrogen and oxygen atoms in total. The van der Waals surface area contributed by atoms with Crippen molar-refractivity contribution < 1.29 is 19.1 Å². The number of rotatable bonds is 7. The maximum absolute atomic E-state index is 12.3. The molecule has 0 spiro atoms. The molecule has 0 heterocycles. The molecular formula is C19H21N3O4. The van der Waals surface area contributed by atoms with Crippen molar-refractivity contribution in [1.29, 1.82) is 0 Å². The van der Waals surface area contributed by atoms with Gasteiger partial charge in [-0.1, -0.05) is 18.2 Å². The number of nitrogens with two attached hydrogens (primary N) is 1. The van der Waals surface area contributed by atoms with E-state index in [1.54, 1.807) is 62.6 Å². The summed E-state index contributed by atoms with van der Waals surface area (Å²) in [5.41, 5.74) is 6.81. The van der Waals surface area contributed by atoms with Crippen molar-refractivity contribution in [1.82, 2.24) is 10.2 Å². The van der Waals surface area contributed by atoms with Gasteiger partial charge in [0.1, 0.15) is 5.75 Å². The summed E-state index contributed by atoms with van der Waals surface area (Å²) in [6, 6.07) is 13.3. The molecule has 0 saturated carbocycles. The number of carbonyl (C=O) groups excluding carboxylic acids is 3. The summed E-state index contributed by atoms with van der Waals surface area (Å²) in [6.45, 7) is 0.155. The van der Waals surface area contributed by atoms with Crippen LogP contribution in [-0.2, 0) is 11.3 Å². The van der Waals surface area contributed by atoms with E-state index in [9.17, 15) is 14.4 Å². The average Bonchev–Trinajstić information content (AvgIpc) is 2.64. The monoisotopic (exact) mass is 355 g/mol. The number of carbonyl (C=O) groups is 3. The lowest BCUT2D eigenvalue weighted by molar-refractivity contribution is -0.130. The molecule has 0 unspecified atom stereocenters. The van der Waals surface area contributed by atoms with Crippen molar-refractivity contribution in [3.05, 3.63) is 65.2 Å². The highest BCUT2D eigenvalue weighted by molar-refractivity contribution is 5.95. The maximum Gasteiger partial charge on any atom is 0.259 e.